The smallest absolute Gasteiger partial charge is 0.320 e. The van der Waals surface area contributed by atoms with Gasteiger partial charge in [0.05, 0.1) is 5.52 Å². The van der Waals surface area contributed by atoms with Crippen molar-refractivity contribution in [2.45, 2.75) is 0 Å². The summed E-state index contributed by atoms with van der Waals surface area (Å²) in [6.07, 6.45) is 1.71. The average Bonchev–Trinajstić information content (AvgIpc) is 2.75. The molecule has 3 aromatic rings. The predicted molar refractivity (Wildman–Crippen MR) is 60.0 cm³/mol. The summed E-state index contributed by atoms with van der Waals surface area (Å²) in [4.78, 5) is 8.25. The number of fused-ring (bicyclic) bond motifs is 1. The van der Waals surface area contributed by atoms with Gasteiger partial charge >= 0.3 is 5.35 Å². The van der Waals surface area contributed by atoms with Gasteiger partial charge in [0.1, 0.15) is 0 Å². The quantitative estimate of drug-likeness (QED) is 0.646. The summed E-state index contributed by atoms with van der Waals surface area (Å²) in [7, 11) is 0. The summed E-state index contributed by atoms with van der Waals surface area (Å²) < 4.78 is 4.75. The zero-order chi connectivity index (χ0) is 11.0. The number of hydrogen-bond acceptors (Lipinski definition) is 4. The Hall–Kier alpha value is -1.94. The molecule has 0 amide bonds. The molecule has 0 aliphatic heterocycles. The molecular formula is C11H6ClN3O. The topological polar surface area (TPSA) is 51.8 Å². The summed E-state index contributed by atoms with van der Waals surface area (Å²) in [6, 6.07) is 9.60. The molecule has 0 spiro atoms. The number of benzene rings is 1. The first-order chi connectivity index (χ1) is 7.84. The lowest BCUT2D eigenvalue weighted by molar-refractivity contribution is 0.421. The molecule has 0 aliphatic carbocycles. The van der Waals surface area contributed by atoms with Gasteiger partial charge in [0, 0.05) is 17.1 Å². The van der Waals surface area contributed by atoms with Crippen molar-refractivity contribution in [3.63, 3.8) is 0 Å². The first-order valence-corrected chi connectivity index (χ1v) is 5.06. The van der Waals surface area contributed by atoms with E-state index in [4.69, 9.17) is 16.1 Å². The largest absolute Gasteiger partial charge is 0.321 e. The molecule has 0 saturated carbocycles. The van der Waals surface area contributed by atoms with Crippen molar-refractivity contribution in [1.29, 1.82) is 0 Å². The van der Waals surface area contributed by atoms with Crippen LogP contribution in [0.5, 0.6) is 0 Å². The normalized spacial score (nSPS) is 10.8. The van der Waals surface area contributed by atoms with Gasteiger partial charge in [0.2, 0.25) is 5.82 Å². The predicted octanol–water partition coefficient (Wildman–Crippen LogP) is 2.94. The molecule has 2 heterocycles. The highest BCUT2D eigenvalue weighted by Crippen LogP contribution is 2.25. The van der Waals surface area contributed by atoms with Gasteiger partial charge in [-0.05, 0) is 23.7 Å². The summed E-state index contributed by atoms with van der Waals surface area (Å²) in [6.45, 7) is 0. The van der Waals surface area contributed by atoms with Gasteiger partial charge in [-0.1, -0.05) is 23.4 Å². The molecule has 0 fully saturated rings. The summed E-state index contributed by atoms with van der Waals surface area (Å²) in [5.41, 5.74) is 1.75. The zero-order valence-electron chi connectivity index (χ0n) is 8.09. The standard InChI is InChI=1S/C11H6ClN3O/c12-11-14-10(15-16-11)8-5-6-13-9-4-2-1-3-7(8)9/h1-6H. The summed E-state index contributed by atoms with van der Waals surface area (Å²) in [5, 5.41) is 4.80. The molecule has 3 rings (SSSR count). The Bertz CT molecular complexity index is 645. The first-order valence-electron chi connectivity index (χ1n) is 4.68. The fourth-order valence-corrected chi connectivity index (χ4v) is 1.72. The Morgan fingerprint density at radius 3 is 2.81 bits per heavy atom. The number of pyridine rings is 1. The number of nitrogens with zero attached hydrogens (tertiary/aromatic N) is 3. The van der Waals surface area contributed by atoms with Crippen LogP contribution < -0.4 is 0 Å². The van der Waals surface area contributed by atoms with Gasteiger partial charge in [-0.25, -0.2) is 0 Å². The molecule has 4 nitrogen and oxygen atoms in total. The third-order valence-electron chi connectivity index (χ3n) is 2.29. The van der Waals surface area contributed by atoms with Crippen molar-refractivity contribution in [3.05, 3.63) is 41.9 Å². The molecule has 0 atom stereocenters. The third-order valence-corrected chi connectivity index (χ3v) is 2.44. The van der Waals surface area contributed by atoms with Gasteiger partial charge in [-0.15, -0.1) is 0 Å². The minimum Gasteiger partial charge on any atom is -0.321 e. The van der Waals surface area contributed by atoms with Crippen molar-refractivity contribution in [3.8, 4) is 11.4 Å². The average molecular weight is 232 g/mol. The van der Waals surface area contributed by atoms with E-state index < -0.39 is 0 Å². The van der Waals surface area contributed by atoms with Crippen molar-refractivity contribution >= 4 is 22.5 Å². The SMILES string of the molecule is Clc1nc(-c2ccnc3ccccc23)no1. The lowest BCUT2D eigenvalue weighted by atomic mass is 10.1. The Balaban J connectivity index is 2.31. The second-order valence-corrected chi connectivity index (χ2v) is 3.57. The van der Waals surface area contributed by atoms with Crippen LogP contribution in [-0.4, -0.2) is 15.1 Å². The summed E-state index contributed by atoms with van der Waals surface area (Å²) in [5.74, 6) is 0.476. The molecule has 0 unspecified atom stereocenters. The highest BCUT2D eigenvalue weighted by molar-refractivity contribution is 6.27. The van der Waals surface area contributed by atoms with Crippen molar-refractivity contribution in [1.82, 2.24) is 15.1 Å². The Morgan fingerprint density at radius 2 is 2.00 bits per heavy atom. The third kappa shape index (κ3) is 1.44. The number of halogens is 1. The van der Waals surface area contributed by atoms with Crippen LogP contribution in [0, 0.1) is 0 Å². The van der Waals surface area contributed by atoms with Crippen LogP contribution >= 0.6 is 11.6 Å². The first kappa shape index (κ1) is 9.30. The Kier molecular flexibility index (Phi) is 2.08. The van der Waals surface area contributed by atoms with E-state index in [0.29, 0.717) is 5.82 Å². The minimum absolute atomic E-state index is 0.0379. The Morgan fingerprint density at radius 1 is 1.12 bits per heavy atom. The monoisotopic (exact) mass is 231 g/mol. The van der Waals surface area contributed by atoms with Crippen LogP contribution in [0.3, 0.4) is 0 Å². The Labute approximate surface area is 95.9 Å². The second kappa shape index (κ2) is 3.57. The molecule has 5 heteroatoms. The number of aromatic nitrogens is 3. The zero-order valence-corrected chi connectivity index (χ0v) is 8.85. The maximum atomic E-state index is 5.61. The van der Waals surface area contributed by atoms with Crippen molar-refractivity contribution in [2.24, 2.45) is 0 Å². The maximum Gasteiger partial charge on any atom is 0.320 e. The van der Waals surface area contributed by atoms with Crippen LogP contribution in [0.4, 0.5) is 0 Å². The van der Waals surface area contributed by atoms with E-state index in [1.807, 2.05) is 30.3 Å². The maximum absolute atomic E-state index is 5.61. The van der Waals surface area contributed by atoms with E-state index in [-0.39, 0.29) is 5.35 Å². The van der Waals surface area contributed by atoms with Gasteiger partial charge in [0.15, 0.2) is 0 Å². The number of rotatable bonds is 1. The molecule has 0 saturated heterocycles. The van der Waals surface area contributed by atoms with Crippen LogP contribution in [0.2, 0.25) is 5.35 Å². The lowest BCUT2D eigenvalue weighted by Crippen LogP contribution is -1.85. The molecule has 0 radical (unpaired) electrons. The van der Waals surface area contributed by atoms with E-state index in [1.165, 1.54) is 0 Å². The van der Waals surface area contributed by atoms with Crippen LogP contribution in [-0.2, 0) is 0 Å². The molecule has 16 heavy (non-hydrogen) atoms. The van der Waals surface area contributed by atoms with Crippen LogP contribution in [0.15, 0.2) is 41.1 Å². The molecule has 0 aliphatic rings. The van der Waals surface area contributed by atoms with E-state index in [9.17, 15) is 0 Å². The van der Waals surface area contributed by atoms with E-state index in [2.05, 4.69) is 15.1 Å². The molecule has 78 valence electrons. The highest BCUT2D eigenvalue weighted by Gasteiger charge is 2.10. The minimum atomic E-state index is 0.0379. The highest BCUT2D eigenvalue weighted by atomic mass is 35.5. The molecule has 1 aromatic carbocycles. The van der Waals surface area contributed by atoms with E-state index in [0.717, 1.165) is 16.5 Å². The number of para-hydroxylation sites is 1. The van der Waals surface area contributed by atoms with Crippen LogP contribution in [0.25, 0.3) is 22.3 Å². The molecule has 2 aromatic heterocycles. The molecule has 0 N–H and O–H groups in total. The molecule has 0 bridgehead atoms. The van der Waals surface area contributed by atoms with Gasteiger partial charge in [0.25, 0.3) is 0 Å². The van der Waals surface area contributed by atoms with Crippen LogP contribution in [0.1, 0.15) is 0 Å². The fraction of sp³-hybridized carbons (Fsp3) is 0. The van der Waals surface area contributed by atoms with Crippen molar-refractivity contribution < 1.29 is 4.52 Å². The van der Waals surface area contributed by atoms with Gasteiger partial charge in [-0.3, -0.25) is 4.98 Å². The summed E-state index contributed by atoms with van der Waals surface area (Å²) >= 11 is 5.61. The van der Waals surface area contributed by atoms with E-state index >= 15 is 0 Å². The molecular weight excluding hydrogens is 226 g/mol. The number of hydrogen-bond donors (Lipinski definition) is 0. The van der Waals surface area contributed by atoms with Crippen molar-refractivity contribution in [2.75, 3.05) is 0 Å². The van der Waals surface area contributed by atoms with Gasteiger partial charge < -0.3 is 4.52 Å². The van der Waals surface area contributed by atoms with Gasteiger partial charge in [-0.2, -0.15) is 4.98 Å². The lowest BCUT2D eigenvalue weighted by Gasteiger charge is -2.00. The second-order valence-electron chi connectivity index (χ2n) is 3.25. The van der Waals surface area contributed by atoms with E-state index in [1.54, 1.807) is 6.20 Å². The fourth-order valence-electron chi connectivity index (χ4n) is 1.61.